The molecule has 1 aromatic rings. The highest BCUT2D eigenvalue weighted by Gasteiger charge is 2.00. The van der Waals surface area contributed by atoms with Crippen LogP contribution in [0.25, 0.3) is 0 Å². The Morgan fingerprint density at radius 1 is 1.50 bits per heavy atom. The molecule has 0 heterocycles. The van der Waals surface area contributed by atoms with Gasteiger partial charge in [-0.3, -0.25) is 4.99 Å². The van der Waals surface area contributed by atoms with Crippen LogP contribution in [-0.4, -0.2) is 19.4 Å². The first-order chi connectivity index (χ1) is 6.81. The zero-order valence-electron chi connectivity index (χ0n) is 8.75. The van der Waals surface area contributed by atoms with E-state index in [-0.39, 0.29) is 0 Å². The van der Waals surface area contributed by atoms with Gasteiger partial charge in [-0.05, 0) is 18.6 Å². The van der Waals surface area contributed by atoms with Crippen LogP contribution in [0.2, 0.25) is 0 Å². The van der Waals surface area contributed by atoms with Gasteiger partial charge in [0.25, 0.3) is 0 Å². The summed E-state index contributed by atoms with van der Waals surface area (Å²) in [6, 6.07) is 8.11. The minimum absolute atomic E-state index is 0.566. The van der Waals surface area contributed by atoms with Crippen LogP contribution in [-0.2, 0) is 6.54 Å². The van der Waals surface area contributed by atoms with Crippen LogP contribution in [0.1, 0.15) is 18.1 Å². The van der Waals surface area contributed by atoms with Crippen molar-refractivity contribution in [1.29, 1.82) is 0 Å². The average Bonchev–Trinajstić information content (AvgIpc) is 2.26. The fourth-order valence-electron chi connectivity index (χ4n) is 1.32. The van der Waals surface area contributed by atoms with Gasteiger partial charge in [-0.15, -0.1) is 0 Å². The lowest BCUT2D eigenvalue weighted by Crippen LogP contribution is -2.20. The average molecular weight is 191 g/mol. The van der Waals surface area contributed by atoms with E-state index in [9.17, 15) is 0 Å². The van der Waals surface area contributed by atoms with Gasteiger partial charge >= 0.3 is 0 Å². The lowest BCUT2D eigenvalue weighted by atomic mass is 10.1. The second-order valence-corrected chi connectivity index (χ2v) is 2.98. The van der Waals surface area contributed by atoms with Crippen LogP contribution >= 0.6 is 0 Å². The van der Waals surface area contributed by atoms with E-state index in [1.54, 1.807) is 0 Å². The summed E-state index contributed by atoms with van der Waals surface area (Å²) in [5.74, 6) is 0.919. The number of nitrogens with one attached hydrogen (secondary N) is 1. The second kappa shape index (κ2) is 5.40. The molecule has 3 heteroatoms. The molecular formula is C11H17N3. The highest BCUT2D eigenvalue weighted by atomic mass is 15.0. The van der Waals surface area contributed by atoms with Crippen LogP contribution in [0.15, 0.2) is 29.3 Å². The van der Waals surface area contributed by atoms with Crippen molar-refractivity contribution < 1.29 is 0 Å². The van der Waals surface area contributed by atoms with Crippen LogP contribution < -0.4 is 11.1 Å². The summed E-state index contributed by atoms with van der Waals surface area (Å²) < 4.78 is 0. The van der Waals surface area contributed by atoms with E-state index in [4.69, 9.17) is 5.73 Å². The highest BCUT2D eigenvalue weighted by molar-refractivity contribution is 5.98. The molecule has 1 rings (SSSR count). The topological polar surface area (TPSA) is 50.4 Å². The molecule has 0 radical (unpaired) electrons. The molecule has 0 saturated carbocycles. The van der Waals surface area contributed by atoms with Gasteiger partial charge in [0.2, 0.25) is 0 Å². The van der Waals surface area contributed by atoms with E-state index in [1.807, 2.05) is 32.2 Å². The summed E-state index contributed by atoms with van der Waals surface area (Å²) in [4.78, 5) is 4.35. The maximum atomic E-state index is 5.57. The zero-order chi connectivity index (χ0) is 10.4. The van der Waals surface area contributed by atoms with E-state index in [0.29, 0.717) is 6.54 Å². The van der Waals surface area contributed by atoms with E-state index in [2.05, 4.69) is 16.4 Å². The van der Waals surface area contributed by atoms with Crippen molar-refractivity contribution in [3.05, 3.63) is 35.4 Å². The molecule has 3 nitrogen and oxygen atoms in total. The summed E-state index contributed by atoms with van der Waals surface area (Å²) in [5.41, 5.74) is 7.80. The monoisotopic (exact) mass is 191 g/mol. The minimum atomic E-state index is 0.566. The Kier molecular flexibility index (Phi) is 4.13. The Morgan fingerprint density at radius 2 is 2.29 bits per heavy atom. The molecule has 0 aliphatic carbocycles. The molecule has 0 fully saturated rings. The third-order valence-corrected chi connectivity index (χ3v) is 1.99. The molecule has 0 aliphatic heterocycles. The molecule has 0 spiro atoms. The summed E-state index contributed by atoms with van der Waals surface area (Å²) >= 11 is 0. The molecule has 1 aromatic carbocycles. The molecule has 14 heavy (non-hydrogen) atoms. The van der Waals surface area contributed by atoms with Gasteiger partial charge in [-0.2, -0.15) is 0 Å². The van der Waals surface area contributed by atoms with E-state index < -0.39 is 0 Å². The lowest BCUT2D eigenvalue weighted by molar-refractivity contribution is 1.05. The third-order valence-electron chi connectivity index (χ3n) is 1.99. The Morgan fingerprint density at radius 3 is 2.86 bits per heavy atom. The fraction of sp³-hybridized carbons (Fsp3) is 0.364. The Labute approximate surface area is 85.0 Å². The Hall–Kier alpha value is -1.35. The molecule has 0 amide bonds. The van der Waals surface area contributed by atoms with Crippen LogP contribution in [0.4, 0.5) is 0 Å². The first kappa shape index (κ1) is 10.7. The number of nitrogens with two attached hydrogens (primary N) is 1. The van der Waals surface area contributed by atoms with Crippen LogP contribution in [0, 0.1) is 0 Å². The van der Waals surface area contributed by atoms with Crippen molar-refractivity contribution in [2.45, 2.75) is 13.5 Å². The lowest BCUT2D eigenvalue weighted by Gasteiger charge is -2.06. The Bertz CT molecular complexity index is 318. The maximum Gasteiger partial charge on any atom is 0.127 e. The molecule has 0 atom stereocenters. The van der Waals surface area contributed by atoms with Gasteiger partial charge in [-0.1, -0.05) is 18.2 Å². The predicted molar refractivity (Wildman–Crippen MR) is 60.5 cm³/mol. The number of aliphatic imine (C=N–C) groups is 1. The molecule has 0 unspecified atom stereocenters. The summed E-state index contributed by atoms with van der Waals surface area (Å²) in [7, 11) is 1.88. The number of hydrogen-bond donors (Lipinski definition) is 2. The summed E-state index contributed by atoms with van der Waals surface area (Å²) in [6.07, 6.45) is 0. The standard InChI is InChI=1S/C11H17N3/c1-3-14-11(13-2)10-6-4-5-9(7-10)8-12/h4-7H,3,8,12H2,1-2H3,(H,13,14). The first-order valence-corrected chi connectivity index (χ1v) is 4.83. The Balaban J connectivity index is 2.98. The SMILES string of the molecule is CC/N=C(\NC)c1cccc(CN)c1. The zero-order valence-corrected chi connectivity index (χ0v) is 8.75. The van der Waals surface area contributed by atoms with Gasteiger partial charge in [0.05, 0.1) is 0 Å². The van der Waals surface area contributed by atoms with Gasteiger partial charge in [0.1, 0.15) is 5.84 Å². The maximum absolute atomic E-state index is 5.57. The van der Waals surface area contributed by atoms with E-state index >= 15 is 0 Å². The van der Waals surface area contributed by atoms with Crippen molar-refractivity contribution in [2.24, 2.45) is 10.7 Å². The normalized spacial score (nSPS) is 11.5. The first-order valence-electron chi connectivity index (χ1n) is 4.83. The van der Waals surface area contributed by atoms with Gasteiger partial charge in [0, 0.05) is 25.7 Å². The number of nitrogens with zero attached hydrogens (tertiary/aromatic N) is 1. The second-order valence-electron chi connectivity index (χ2n) is 2.98. The van der Waals surface area contributed by atoms with Crippen LogP contribution in [0.5, 0.6) is 0 Å². The predicted octanol–water partition coefficient (Wildman–Crippen LogP) is 1.13. The van der Waals surface area contributed by atoms with Crippen molar-refractivity contribution in [2.75, 3.05) is 13.6 Å². The highest BCUT2D eigenvalue weighted by Crippen LogP contribution is 2.05. The number of benzene rings is 1. The van der Waals surface area contributed by atoms with Crippen molar-refractivity contribution in [3.8, 4) is 0 Å². The van der Waals surface area contributed by atoms with Gasteiger partial charge in [0.15, 0.2) is 0 Å². The van der Waals surface area contributed by atoms with Crippen LogP contribution in [0.3, 0.4) is 0 Å². The molecule has 3 N–H and O–H groups in total. The van der Waals surface area contributed by atoms with Gasteiger partial charge < -0.3 is 11.1 Å². The molecule has 0 aliphatic rings. The molecular weight excluding hydrogens is 174 g/mol. The van der Waals surface area contributed by atoms with Crippen molar-refractivity contribution in [1.82, 2.24) is 5.32 Å². The van der Waals surface area contributed by atoms with Gasteiger partial charge in [-0.25, -0.2) is 0 Å². The molecule has 76 valence electrons. The number of hydrogen-bond acceptors (Lipinski definition) is 2. The number of amidine groups is 1. The minimum Gasteiger partial charge on any atom is -0.373 e. The quantitative estimate of drug-likeness (QED) is 0.556. The summed E-state index contributed by atoms with van der Waals surface area (Å²) in [6.45, 7) is 3.37. The van der Waals surface area contributed by atoms with Crippen molar-refractivity contribution in [3.63, 3.8) is 0 Å². The third kappa shape index (κ3) is 2.57. The smallest absolute Gasteiger partial charge is 0.127 e. The summed E-state index contributed by atoms with van der Waals surface area (Å²) in [5, 5.41) is 3.08. The number of rotatable bonds is 3. The van der Waals surface area contributed by atoms with Crippen molar-refractivity contribution >= 4 is 5.84 Å². The largest absolute Gasteiger partial charge is 0.373 e. The fourth-order valence-corrected chi connectivity index (χ4v) is 1.32. The molecule has 0 saturated heterocycles. The molecule has 0 aromatic heterocycles. The van der Waals surface area contributed by atoms with E-state index in [1.165, 1.54) is 0 Å². The molecule has 0 bridgehead atoms. The van der Waals surface area contributed by atoms with E-state index in [0.717, 1.165) is 23.5 Å².